The zero-order valence-electron chi connectivity index (χ0n) is 11.8. The Bertz CT molecular complexity index is 561. The Balaban J connectivity index is 1.48. The minimum absolute atomic E-state index is 0.0716. The number of carbonyl (C=O) groups excluding carboxylic acids is 2. The first kappa shape index (κ1) is 14.0. The molecule has 3 atom stereocenters. The third-order valence-corrected chi connectivity index (χ3v) is 4.77. The average molecular weight is 290 g/mol. The van der Waals surface area contributed by atoms with Gasteiger partial charge in [-0.25, -0.2) is 4.39 Å². The molecule has 2 saturated carbocycles. The van der Waals surface area contributed by atoms with Crippen LogP contribution in [0.25, 0.3) is 0 Å². The van der Waals surface area contributed by atoms with Gasteiger partial charge in [0.25, 0.3) is 5.91 Å². The van der Waals surface area contributed by atoms with Crippen molar-refractivity contribution in [1.82, 2.24) is 10.9 Å². The molecule has 5 heteroatoms. The lowest BCUT2D eigenvalue weighted by Gasteiger charge is -2.20. The van der Waals surface area contributed by atoms with Crippen LogP contribution < -0.4 is 10.9 Å². The smallest absolute Gasteiger partial charge is 0.272 e. The minimum Gasteiger partial charge on any atom is -0.273 e. The van der Waals surface area contributed by atoms with E-state index in [4.69, 9.17) is 0 Å². The second kappa shape index (κ2) is 5.84. The molecule has 112 valence electrons. The molecule has 0 radical (unpaired) electrons. The average Bonchev–Trinajstić information content (AvgIpc) is 3.08. The normalized spacial score (nSPS) is 26.6. The molecule has 21 heavy (non-hydrogen) atoms. The maximum Gasteiger partial charge on any atom is 0.272 e. The number of hydrogen-bond acceptors (Lipinski definition) is 2. The number of halogens is 1. The first-order valence-electron chi connectivity index (χ1n) is 7.47. The van der Waals surface area contributed by atoms with Crippen LogP contribution in [0, 0.1) is 23.6 Å². The highest BCUT2D eigenvalue weighted by Gasteiger charge is 2.40. The summed E-state index contributed by atoms with van der Waals surface area (Å²) in [7, 11) is 0. The van der Waals surface area contributed by atoms with Crippen LogP contribution in [-0.4, -0.2) is 11.8 Å². The third kappa shape index (κ3) is 3.06. The number of nitrogens with one attached hydrogen (secondary N) is 2. The van der Waals surface area contributed by atoms with Gasteiger partial charge in [-0.05, 0) is 49.1 Å². The fourth-order valence-corrected chi connectivity index (χ4v) is 3.75. The zero-order valence-corrected chi connectivity index (χ0v) is 11.8. The summed E-state index contributed by atoms with van der Waals surface area (Å²) in [6, 6.07) is 5.69. The van der Waals surface area contributed by atoms with Gasteiger partial charge in [-0.3, -0.25) is 20.4 Å². The van der Waals surface area contributed by atoms with Gasteiger partial charge in [0.05, 0.1) is 5.56 Å². The van der Waals surface area contributed by atoms with Crippen LogP contribution in [0.2, 0.25) is 0 Å². The van der Waals surface area contributed by atoms with Crippen molar-refractivity contribution in [1.29, 1.82) is 0 Å². The molecule has 0 aromatic heterocycles. The quantitative estimate of drug-likeness (QED) is 0.840. The van der Waals surface area contributed by atoms with Crippen LogP contribution in [0.1, 0.15) is 42.5 Å². The van der Waals surface area contributed by atoms with Crippen molar-refractivity contribution < 1.29 is 14.0 Å². The third-order valence-electron chi connectivity index (χ3n) is 4.77. The summed E-state index contributed by atoms with van der Waals surface area (Å²) >= 11 is 0. The summed E-state index contributed by atoms with van der Waals surface area (Å²) in [6.07, 6.45) is 5.34. The summed E-state index contributed by atoms with van der Waals surface area (Å²) in [4.78, 5) is 23.6. The van der Waals surface area contributed by atoms with E-state index >= 15 is 0 Å². The molecule has 1 aromatic rings. The Morgan fingerprint density at radius 1 is 1.14 bits per heavy atom. The Hall–Kier alpha value is -1.91. The fraction of sp³-hybridized carbons (Fsp3) is 0.500. The van der Waals surface area contributed by atoms with Crippen molar-refractivity contribution in [2.24, 2.45) is 17.8 Å². The van der Waals surface area contributed by atoms with Crippen LogP contribution in [0.15, 0.2) is 24.3 Å². The molecular formula is C16H19FN2O2. The predicted molar refractivity (Wildman–Crippen MR) is 75.6 cm³/mol. The summed E-state index contributed by atoms with van der Waals surface area (Å²) in [6.45, 7) is 0. The molecule has 2 aliphatic rings. The van der Waals surface area contributed by atoms with Crippen LogP contribution in [0.3, 0.4) is 0 Å². The lowest BCUT2D eigenvalue weighted by atomic mass is 9.86. The van der Waals surface area contributed by atoms with Crippen molar-refractivity contribution in [2.45, 2.75) is 32.1 Å². The van der Waals surface area contributed by atoms with Gasteiger partial charge in [-0.2, -0.15) is 0 Å². The minimum atomic E-state index is -0.630. The number of hydrogen-bond donors (Lipinski definition) is 2. The Morgan fingerprint density at radius 2 is 1.95 bits per heavy atom. The highest BCUT2D eigenvalue weighted by molar-refractivity contribution is 5.95. The maximum absolute atomic E-state index is 13.4. The molecule has 4 nitrogen and oxygen atoms in total. The summed E-state index contributed by atoms with van der Waals surface area (Å²) in [5, 5.41) is 0. The molecular weight excluding hydrogens is 271 g/mol. The van der Waals surface area contributed by atoms with E-state index in [1.165, 1.54) is 37.5 Å². The molecule has 0 unspecified atom stereocenters. The highest BCUT2D eigenvalue weighted by atomic mass is 19.1. The molecule has 2 amide bonds. The molecule has 2 bridgehead atoms. The first-order chi connectivity index (χ1) is 10.1. The largest absolute Gasteiger partial charge is 0.273 e. The number of hydrazine groups is 1. The maximum atomic E-state index is 13.4. The van der Waals surface area contributed by atoms with E-state index in [2.05, 4.69) is 10.9 Å². The van der Waals surface area contributed by atoms with Crippen LogP contribution in [-0.2, 0) is 4.79 Å². The van der Waals surface area contributed by atoms with Crippen molar-refractivity contribution in [3.8, 4) is 0 Å². The molecule has 0 heterocycles. The van der Waals surface area contributed by atoms with E-state index in [0.717, 1.165) is 12.3 Å². The van der Waals surface area contributed by atoms with E-state index in [1.807, 2.05) is 0 Å². The van der Waals surface area contributed by atoms with Crippen molar-refractivity contribution in [2.75, 3.05) is 0 Å². The number of fused-ring (bicyclic) bond motifs is 2. The van der Waals surface area contributed by atoms with Gasteiger partial charge < -0.3 is 0 Å². The zero-order chi connectivity index (χ0) is 14.8. The highest BCUT2D eigenvalue weighted by Crippen LogP contribution is 2.49. The van der Waals surface area contributed by atoms with Gasteiger partial charge >= 0.3 is 0 Å². The number of benzene rings is 1. The second-order valence-corrected chi connectivity index (χ2v) is 6.12. The Kier molecular flexibility index (Phi) is 3.90. The van der Waals surface area contributed by atoms with Crippen LogP contribution in [0.5, 0.6) is 0 Å². The molecule has 0 saturated heterocycles. The van der Waals surface area contributed by atoms with Crippen LogP contribution in [0.4, 0.5) is 4.39 Å². The topological polar surface area (TPSA) is 58.2 Å². The molecule has 0 aliphatic heterocycles. The van der Waals surface area contributed by atoms with E-state index in [-0.39, 0.29) is 11.5 Å². The van der Waals surface area contributed by atoms with Gasteiger partial charge in [-0.1, -0.05) is 18.6 Å². The molecule has 2 N–H and O–H groups in total. The standard InChI is InChI=1S/C16H19FN2O2/c17-14-4-2-1-3-13(14)16(21)19-18-15(20)9-12-8-10-5-6-11(12)7-10/h1-4,10-12H,5-9H2,(H,18,20)(H,19,21)/t10-,11+,12+/m0/s1. The van der Waals surface area contributed by atoms with Gasteiger partial charge in [-0.15, -0.1) is 0 Å². The van der Waals surface area contributed by atoms with E-state index in [1.54, 1.807) is 6.07 Å². The van der Waals surface area contributed by atoms with Crippen molar-refractivity contribution in [3.63, 3.8) is 0 Å². The lowest BCUT2D eigenvalue weighted by molar-refractivity contribution is -0.123. The Morgan fingerprint density at radius 3 is 2.62 bits per heavy atom. The van der Waals surface area contributed by atoms with Crippen molar-refractivity contribution >= 4 is 11.8 Å². The molecule has 2 fully saturated rings. The molecule has 0 spiro atoms. The number of amides is 2. The predicted octanol–water partition coefficient (Wildman–Crippen LogP) is 2.41. The fourth-order valence-electron chi connectivity index (χ4n) is 3.75. The molecule has 2 aliphatic carbocycles. The van der Waals surface area contributed by atoms with E-state index in [0.29, 0.717) is 18.3 Å². The Labute approximate surface area is 123 Å². The second-order valence-electron chi connectivity index (χ2n) is 6.12. The van der Waals surface area contributed by atoms with Crippen molar-refractivity contribution in [3.05, 3.63) is 35.6 Å². The van der Waals surface area contributed by atoms with Crippen LogP contribution >= 0.6 is 0 Å². The lowest BCUT2D eigenvalue weighted by Crippen LogP contribution is -2.42. The molecule has 1 aromatic carbocycles. The SMILES string of the molecule is O=C(C[C@H]1C[C@H]2CC[C@@H]1C2)NNC(=O)c1ccccc1F. The summed E-state index contributed by atoms with van der Waals surface area (Å²) < 4.78 is 13.4. The summed E-state index contributed by atoms with van der Waals surface area (Å²) in [5.74, 6) is 0.474. The number of carbonyl (C=O) groups is 2. The van der Waals surface area contributed by atoms with Gasteiger partial charge in [0, 0.05) is 6.42 Å². The van der Waals surface area contributed by atoms with Gasteiger partial charge in [0.1, 0.15) is 5.82 Å². The van der Waals surface area contributed by atoms with E-state index in [9.17, 15) is 14.0 Å². The first-order valence-corrected chi connectivity index (χ1v) is 7.47. The monoisotopic (exact) mass is 290 g/mol. The van der Waals surface area contributed by atoms with Gasteiger partial charge in [0.2, 0.25) is 5.91 Å². The number of rotatable bonds is 3. The molecule has 3 rings (SSSR count). The van der Waals surface area contributed by atoms with Gasteiger partial charge in [0.15, 0.2) is 0 Å². The summed E-state index contributed by atoms with van der Waals surface area (Å²) in [5.41, 5.74) is 4.60. The van der Waals surface area contributed by atoms with E-state index < -0.39 is 11.7 Å².